The molecule has 1 atom stereocenters. The minimum atomic E-state index is -0.334. The van der Waals surface area contributed by atoms with Gasteiger partial charge in [-0.05, 0) is 37.0 Å². The summed E-state index contributed by atoms with van der Waals surface area (Å²) in [5, 5.41) is 3.71. The SMILES string of the molecule is CC(C)c1ccccc1[C@@H]1CN(Cc2ccnc3c2OCC(C)(C)O3)CCN1. The van der Waals surface area contributed by atoms with Gasteiger partial charge in [-0.2, -0.15) is 0 Å². The van der Waals surface area contributed by atoms with E-state index in [0.717, 1.165) is 37.5 Å². The molecule has 0 amide bonds. The lowest BCUT2D eigenvalue weighted by atomic mass is 9.92. The topological polar surface area (TPSA) is 46.6 Å². The van der Waals surface area contributed by atoms with Crippen LogP contribution in [0.5, 0.6) is 11.6 Å². The van der Waals surface area contributed by atoms with Gasteiger partial charge in [0.2, 0.25) is 0 Å². The highest BCUT2D eigenvalue weighted by atomic mass is 16.6. The molecule has 5 nitrogen and oxygen atoms in total. The molecule has 0 spiro atoms. The highest BCUT2D eigenvalue weighted by Crippen LogP contribution is 2.37. The van der Waals surface area contributed by atoms with Crippen molar-refractivity contribution in [3.05, 3.63) is 53.2 Å². The molecule has 2 aromatic rings. The van der Waals surface area contributed by atoms with E-state index in [2.05, 4.69) is 59.4 Å². The van der Waals surface area contributed by atoms with Crippen molar-refractivity contribution in [2.45, 2.75) is 51.8 Å². The number of hydrogen-bond donors (Lipinski definition) is 1. The molecule has 2 aliphatic rings. The number of nitrogens with zero attached hydrogens (tertiary/aromatic N) is 2. The summed E-state index contributed by atoms with van der Waals surface area (Å²) in [5.74, 6) is 1.94. The molecule has 1 saturated heterocycles. The summed E-state index contributed by atoms with van der Waals surface area (Å²) < 4.78 is 12.1. The predicted octanol–water partition coefficient (Wildman–Crippen LogP) is 3.90. The normalized spacial score (nSPS) is 21.7. The number of rotatable bonds is 4. The van der Waals surface area contributed by atoms with Gasteiger partial charge in [-0.3, -0.25) is 4.90 Å². The Bertz CT molecular complexity index is 834. The molecule has 28 heavy (non-hydrogen) atoms. The summed E-state index contributed by atoms with van der Waals surface area (Å²) in [6.45, 7) is 12.9. The van der Waals surface area contributed by atoms with Crippen molar-refractivity contribution >= 4 is 0 Å². The highest BCUT2D eigenvalue weighted by molar-refractivity contribution is 5.43. The third-order valence-corrected chi connectivity index (χ3v) is 5.54. The molecule has 0 aliphatic carbocycles. The molecule has 1 fully saturated rings. The second-order valence-corrected chi connectivity index (χ2v) is 8.78. The fourth-order valence-corrected chi connectivity index (χ4v) is 4.11. The van der Waals surface area contributed by atoms with Crippen LogP contribution in [0.25, 0.3) is 0 Å². The fourth-order valence-electron chi connectivity index (χ4n) is 4.11. The lowest BCUT2D eigenvalue weighted by Gasteiger charge is -2.36. The molecule has 150 valence electrons. The molecular weight excluding hydrogens is 350 g/mol. The van der Waals surface area contributed by atoms with Gasteiger partial charge < -0.3 is 14.8 Å². The van der Waals surface area contributed by atoms with E-state index >= 15 is 0 Å². The van der Waals surface area contributed by atoms with Crippen molar-refractivity contribution in [3.8, 4) is 11.6 Å². The Morgan fingerprint density at radius 2 is 2.07 bits per heavy atom. The summed E-state index contributed by atoms with van der Waals surface area (Å²) in [6, 6.07) is 11.2. The minimum Gasteiger partial charge on any atom is -0.483 e. The molecule has 4 rings (SSSR count). The predicted molar refractivity (Wildman–Crippen MR) is 111 cm³/mol. The van der Waals surface area contributed by atoms with Crippen LogP contribution < -0.4 is 14.8 Å². The van der Waals surface area contributed by atoms with E-state index in [9.17, 15) is 0 Å². The van der Waals surface area contributed by atoms with E-state index in [-0.39, 0.29) is 5.60 Å². The molecule has 0 bridgehead atoms. The van der Waals surface area contributed by atoms with Gasteiger partial charge in [0.05, 0.1) is 0 Å². The smallest absolute Gasteiger partial charge is 0.257 e. The molecular formula is C23H31N3O2. The Balaban J connectivity index is 1.52. The first kappa shape index (κ1) is 19.2. The van der Waals surface area contributed by atoms with Crippen LogP contribution in [0.2, 0.25) is 0 Å². The average Bonchev–Trinajstić information content (AvgIpc) is 2.67. The van der Waals surface area contributed by atoms with Crippen molar-refractivity contribution in [2.75, 3.05) is 26.2 Å². The zero-order valence-electron chi connectivity index (χ0n) is 17.4. The maximum absolute atomic E-state index is 6.04. The standard InChI is InChI=1S/C23H31N3O2/c1-16(2)18-7-5-6-8-19(18)20-14-26(12-11-24-20)13-17-9-10-25-22-21(17)27-15-23(3,4)28-22/h5-10,16,20,24H,11-15H2,1-4H3/t20-/m0/s1. The zero-order valence-corrected chi connectivity index (χ0v) is 17.4. The Labute approximate surface area is 168 Å². The van der Waals surface area contributed by atoms with E-state index in [0.29, 0.717) is 24.4 Å². The van der Waals surface area contributed by atoms with Crippen LogP contribution >= 0.6 is 0 Å². The number of benzene rings is 1. The van der Waals surface area contributed by atoms with E-state index in [4.69, 9.17) is 9.47 Å². The van der Waals surface area contributed by atoms with Gasteiger partial charge in [0, 0.05) is 44.0 Å². The van der Waals surface area contributed by atoms with Crippen molar-refractivity contribution in [3.63, 3.8) is 0 Å². The molecule has 0 unspecified atom stereocenters. The van der Waals surface area contributed by atoms with Crippen LogP contribution in [-0.4, -0.2) is 41.7 Å². The molecule has 0 radical (unpaired) electrons. The number of piperazine rings is 1. The molecule has 1 aromatic carbocycles. The second-order valence-electron chi connectivity index (χ2n) is 8.78. The summed E-state index contributed by atoms with van der Waals surface area (Å²) in [5.41, 5.74) is 3.67. The van der Waals surface area contributed by atoms with Crippen LogP contribution in [0.1, 0.15) is 56.3 Å². The number of aromatic nitrogens is 1. The molecule has 2 aliphatic heterocycles. The Morgan fingerprint density at radius 3 is 2.89 bits per heavy atom. The van der Waals surface area contributed by atoms with Crippen LogP contribution in [0.4, 0.5) is 0 Å². The van der Waals surface area contributed by atoms with Gasteiger partial charge >= 0.3 is 0 Å². The van der Waals surface area contributed by atoms with Crippen molar-refractivity contribution in [1.29, 1.82) is 0 Å². The first-order valence-corrected chi connectivity index (χ1v) is 10.3. The van der Waals surface area contributed by atoms with Gasteiger partial charge in [-0.15, -0.1) is 0 Å². The van der Waals surface area contributed by atoms with Crippen LogP contribution in [0.15, 0.2) is 36.5 Å². The fraction of sp³-hybridized carbons (Fsp3) is 0.522. The van der Waals surface area contributed by atoms with E-state index in [1.54, 1.807) is 0 Å². The van der Waals surface area contributed by atoms with E-state index < -0.39 is 0 Å². The van der Waals surface area contributed by atoms with Gasteiger partial charge in [-0.1, -0.05) is 38.1 Å². The summed E-state index contributed by atoms with van der Waals surface area (Å²) >= 11 is 0. The van der Waals surface area contributed by atoms with Gasteiger partial charge in [0.15, 0.2) is 5.75 Å². The zero-order chi connectivity index (χ0) is 19.7. The van der Waals surface area contributed by atoms with Gasteiger partial charge in [0.1, 0.15) is 12.2 Å². The Morgan fingerprint density at radius 1 is 1.25 bits per heavy atom. The average molecular weight is 382 g/mol. The quantitative estimate of drug-likeness (QED) is 0.870. The maximum Gasteiger partial charge on any atom is 0.257 e. The monoisotopic (exact) mass is 381 g/mol. The third-order valence-electron chi connectivity index (χ3n) is 5.54. The number of hydrogen-bond acceptors (Lipinski definition) is 5. The second kappa shape index (κ2) is 7.72. The van der Waals surface area contributed by atoms with Crippen LogP contribution in [-0.2, 0) is 6.54 Å². The van der Waals surface area contributed by atoms with Gasteiger partial charge in [0.25, 0.3) is 5.88 Å². The highest BCUT2D eigenvalue weighted by Gasteiger charge is 2.31. The lowest BCUT2D eigenvalue weighted by Crippen LogP contribution is -2.45. The molecule has 0 saturated carbocycles. The molecule has 5 heteroatoms. The number of nitrogens with one attached hydrogen (secondary N) is 1. The van der Waals surface area contributed by atoms with E-state index in [1.165, 1.54) is 11.1 Å². The van der Waals surface area contributed by atoms with Crippen LogP contribution in [0.3, 0.4) is 0 Å². The van der Waals surface area contributed by atoms with Crippen LogP contribution in [0, 0.1) is 0 Å². The lowest BCUT2D eigenvalue weighted by molar-refractivity contribution is 0.0148. The van der Waals surface area contributed by atoms with Crippen molar-refractivity contribution < 1.29 is 9.47 Å². The number of fused-ring (bicyclic) bond motifs is 1. The van der Waals surface area contributed by atoms with Gasteiger partial charge in [-0.25, -0.2) is 4.98 Å². The first-order valence-electron chi connectivity index (χ1n) is 10.3. The first-order chi connectivity index (χ1) is 13.4. The van der Waals surface area contributed by atoms with Crippen molar-refractivity contribution in [1.82, 2.24) is 15.2 Å². The molecule has 1 aromatic heterocycles. The third kappa shape index (κ3) is 4.01. The largest absolute Gasteiger partial charge is 0.483 e. The molecule has 1 N–H and O–H groups in total. The number of ether oxygens (including phenoxy) is 2. The van der Waals surface area contributed by atoms with Crippen molar-refractivity contribution in [2.24, 2.45) is 0 Å². The summed E-state index contributed by atoms with van der Waals surface area (Å²) in [7, 11) is 0. The summed E-state index contributed by atoms with van der Waals surface area (Å²) in [6.07, 6.45) is 1.83. The minimum absolute atomic E-state index is 0.334. The maximum atomic E-state index is 6.04. The molecule has 3 heterocycles. The Hall–Kier alpha value is -2.11. The summed E-state index contributed by atoms with van der Waals surface area (Å²) in [4.78, 5) is 6.88. The Kier molecular flexibility index (Phi) is 5.30. The van der Waals surface area contributed by atoms with E-state index in [1.807, 2.05) is 20.0 Å². The number of pyridine rings is 1.